The zero-order chi connectivity index (χ0) is 8.97. The third kappa shape index (κ3) is 2.02. The standard InChI is InChI=1S/C9H8ClFO/c1-12-8-6-4-2-3-5-7(10)9(8)11/h4,6-7H,2H2,1H3. The zero-order valence-electron chi connectivity index (χ0n) is 6.60. The van der Waals surface area contributed by atoms with Gasteiger partial charge in [-0.1, -0.05) is 17.9 Å². The second kappa shape index (κ2) is 4.18. The van der Waals surface area contributed by atoms with E-state index in [1.165, 1.54) is 7.11 Å². The van der Waals surface area contributed by atoms with Crippen molar-refractivity contribution in [3.8, 4) is 11.8 Å². The summed E-state index contributed by atoms with van der Waals surface area (Å²) in [4.78, 5) is 0. The molecule has 0 fully saturated rings. The Morgan fingerprint density at radius 3 is 3.17 bits per heavy atom. The Morgan fingerprint density at radius 2 is 2.50 bits per heavy atom. The van der Waals surface area contributed by atoms with Crippen molar-refractivity contribution in [1.29, 1.82) is 0 Å². The monoisotopic (exact) mass is 186 g/mol. The summed E-state index contributed by atoms with van der Waals surface area (Å²) in [6, 6.07) is 0. The maximum atomic E-state index is 13.2. The summed E-state index contributed by atoms with van der Waals surface area (Å²) >= 11 is 5.60. The van der Waals surface area contributed by atoms with Crippen molar-refractivity contribution in [3.63, 3.8) is 0 Å². The van der Waals surface area contributed by atoms with E-state index in [2.05, 4.69) is 11.8 Å². The SMILES string of the molecule is COC1=C(F)C(Cl)C#CCC=C1. The number of methoxy groups -OCH3 is 1. The van der Waals surface area contributed by atoms with Crippen LogP contribution in [0.5, 0.6) is 0 Å². The van der Waals surface area contributed by atoms with Crippen LogP contribution in [0.1, 0.15) is 6.42 Å². The van der Waals surface area contributed by atoms with Crippen LogP contribution in [0.3, 0.4) is 0 Å². The van der Waals surface area contributed by atoms with Gasteiger partial charge in [-0.3, -0.25) is 0 Å². The van der Waals surface area contributed by atoms with Gasteiger partial charge in [0, 0.05) is 6.42 Å². The molecule has 1 aliphatic carbocycles. The Labute approximate surface area is 75.9 Å². The van der Waals surface area contributed by atoms with Gasteiger partial charge in [0.1, 0.15) is 5.38 Å². The quantitative estimate of drug-likeness (QED) is 0.451. The van der Waals surface area contributed by atoms with Crippen molar-refractivity contribution in [2.45, 2.75) is 11.8 Å². The molecule has 0 saturated heterocycles. The molecule has 1 unspecified atom stereocenters. The molecule has 0 radical (unpaired) electrons. The molecule has 1 rings (SSSR count). The number of rotatable bonds is 1. The van der Waals surface area contributed by atoms with E-state index in [4.69, 9.17) is 16.3 Å². The van der Waals surface area contributed by atoms with Crippen molar-refractivity contribution in [2.75, 3.05) is 7.11 Å². The summed E-state index contributed by atoms with van der Waals surface area (Å²) in [5.41, 5.74) is 0. The van der Waals surface area contributed by atoms with E-state index in [9.17, 15) is 4.39 Å². The Kier molecular flexibility index (Phi) is 3.19. The van der Waals surface area contributed by atoms with Crippen LogP contribution in [-0.2, 0) is 4.74 Å². The lowest BCUT2D eigenvalue weighted by Crippen LogP contribution is -2.01. The summed E-state index contributed by atoms with van der Waals surface area (Å²) < 4.78 is 17.9. The maximum absolute atomic E-state index is 13.2. The second-order valence-corrected chi connectivity index (χ2v) is 2.64. The molecule has 0 aliphatic heterocycles. The largest absolute Gasteiger partial charge is 0.494 e. The predicted octanol–water partition coefficient (Wildman–Crippen LogP) is 2.38. The van der Waals surface area contributed by atoms with E-state index in [0.717, 1.165) is 0 Å². The van der Waals surface area contributed by atoms with Gasteiger partial charge in [-0.15, -0.1) is 11.6 Å². The number of alkyl halides is 1. The average molecular weight is 187 g/mol. The van der Waals surface area contributed by atoms with Crippen molar-refractivity contribution in [2.24, 2.45) is 0 Å². The summed E-state index contributed by atoms with van der Waals surface area (Å²) in [5, 5.41) is -0.884. The fourth-order valence-corrected chi connectivity index (χ4v) is 0.992. The van der Waals surface area contributed by atoms with Gasteiger partial charge in [0.25, 0.3) is 0 Å². The Hall–Kier alpha value is -0.940. The van der Waals surface area contributed by atoms with E-state index >= 15 is 0 Å². The lowest BCUT2D eigenvalue weighted by molar-refractivity contribution is 0.289. The Balaban J connectivity index is 2.99. The normalized spacial score (nSPS) is 22.4. The fraction of sp³-hybridized carbons (Fsp3) is 0.333. The van der Waals surface area contributed by atoms with Crippen LogP contribution in [0, 0.1) is 11.8 Å². The Bertz CT molecular complexity index is 283. The topological polar surface area (TPSA) is 9.23 Å². The molecule has 1 nitrogen and oxygen atoms in total. The lowest BCUT2D eigenvalue weighted by Gasteiger charge is -2.05. The molecule has 0 aromatic heterocycles. The average Bonchev–Trinajstić information content (AvgIpc) is 2.07. The number of halogens is 2. The van der Waals surface area contributed by atoms with Crippen LogP contribution < -0.4 is 0 Å². The molecule has 64 valence electrons. The van der Waals surface area contributed by atoms with Crippen molar-refractivity contribution >= 4 is 11.6 Å². The van der Waals surface area contributed by atoms with Crippen LogP contribution in [0.25, 0.3) is 0 Å². The fourth-order valence-electron chi connectivity index (χ4n) is 0.807. The number of ether oxygens (including phenoxy) is 1. The van der Waals surface area contributed by atoms with E-state index in [1.54, 1.807) is 12.2 Å². The van der Waals surface area contributed by atoms with Crippen LogP contribution in [-0.4, -0.2) is 12.5 Å². The molecule has 12 heavy (non-hydrogen) atoms. The van der Waals surface area contributed by atoms with Gasteiger partial charge < -0.3 is 4.74 Å². The highest BCUT2D eigenvalue weighted by Crippen LogP contribution is 2.18. The van der Waals surface area contributed by atoms with Gasteiger partial charge in [0.15, 0.2) is 11.6 Å². The predicted molar refractivity (Wildman–Crippen MR) is 46.3 cm³/mol. The molecule has 0 aromatic carbocycles. The molecule has 0 saturated carbocycles. The third-order valence-corrected chi connectivity index (χ3v) is 1.70. The smallest absolute Gasteiger partial charge is 0.172 e. The summed E-state index contributed by atoms with van der Waals surface area (Å²) in [6.07, 6.45) is 3.84. The van der Waals surface area contributed by atoms with Crippen LogP contribution >= 0.6 is 11.6 Å². The first-order valence-electron chi connectivity index (χ1n) is 3.48. The van der Waals surface area contributed by atoms with E-state index < -0.39 is 11.2 Å². The summed E-state index contributed by atoms with van der Waals surface area (Å²) in [6.45, 7) is 0. The molecule has 0 N–H and O–H groups in total. The van der Waals surface area contributed by atoms with Crippen molar-refractivity contribution in [1.82, 2.24) is 0 Å². The highest BCUT2D eigenvalue weighted by atomic mass is 35.5. The highest BCUT2D eigenvalue weighted by Gasteiger charge is 2.13. The van der Waals surface area contributed by atoms with Gasteiger partial charge in [0.2, 0.25) is 0 Å². The Morgan fingerprint density at radius 1 is 1.75 bits per heavy atom. The van der Waals surface area contributed by atoms with Crippen molar-refractivity contribution in [3.05, 3.63) is 23.7 Å². The third-order valence-electron chi connectivity index (χ3n) is 1.40. The van der Waals surface area contributed by atoms with Crippen LogP contribution in [0.4, 0.5) is 4.39 Å². The summed E-state index contributed by atoms with van der Waals surface area (Å²) in [7, 11) is 1.40. The zero-order valence-corrected chi connectivity index (χ0v) is 7.36. The highest BCUT2D eigenvalue weighted by molar-refractivity contribution is 6.24. The number of hydrogen-bond donors (Lipinski definition) is 0. The molecule has 1 atom stereocenters. The minimum absolute atomic E-state index is 0.156. The summed E-state index contributed by atoms with van der Waals surface area (Å²) in [5.74, 6) is 4.89. The second-order valence-electron chi connectivity index (χ2n) is 2.21. The first kappa shape index (κ1) is 9.15. The minimum atomic E-state index is -0.884. The van der Waals surface area contributed by atoms with E-state index in [-0.39, 0.29) is 5.76 Å². The van der Waals surface area contributed by atoms with Crippen LogP contribution in [0.2, 0.25) is 0 Å². The molecule has 0 aromatic rings. The molecule has 1 aliphatic rings. The van der Waals surface area contributed by atoms with E-state index in [1.807, 2.05) is 0 Å². The molecule has 0 amide bonds. The maximum Gasteiger partial charge on any atom is 0.172 e. The van der Waals surface area contributed by atoms with Gasteiger partial charge in [-0.2, -0.15) is 0 Å². The molecule has 0 bridgehead atoms. The van der Waals surface area contributed by atoms with Crippen molar-refractivity contribution < 1.29 is 9.13 Å². The van der Waals surface area contributed by atoms with Gasteiger partial charge in [-0.25, -0.2) is 4.39 Å². The van der Waals surface area contributed by atoms with Gasteiger partial charge in [0.05, 0.1) is 7.11 Å². The van der Waals surface area contributed by atoms with Crippen LogP contribution in [0.15, 0.2) is 23.7 Å². The lowest BCUT2D eigenvalue weighted by atomic mass is 10.2. The number of allylic oxidation sites excluding steroid dienone is 3. The van der Waals surface area contributed by atoms with Gasteiger partial charge in [-0.05, 0) is 6.08 Å². The molecular weight excluding hydrogens is 179 g/mol. The van der Waals surface area contributed by atoms with E-state index in [0.29, 0.717) is 6.42 Å². The molecule has 3 heteroatoms. The number of hydrogen-bond acceptors (Lipinski definition) is 1. The molecular formula is C9H8ClFO. The first-order chi connectivity index (χ1) is 5.75. The molecule has 0 heterocycles. The van der Waals surface area contributed by atoms with Gasteiger partial charge >= 0.3 is 0 Å². The first-order valence-corrected chi connectivity index (χ1v) is 3.92. The minimum Gasteiger partial charge on any atom is -0.494 e. The molecule has 0 spiro atoms.